The third-order valence-electron chi connectivity index (χ3n) is 4.23. The summed E-state index contributed by atoms with van der Waals surface area (Å²) in [6.07, 6.45) is 0. The Hall–Kier alpha value is -1.46. The van der Waals surface area contributed by atoms with Crippen molar-refractivity contribution in [1.82, 2.24) is 10.2 Å². The van der Waals surface area contributed by atoms with Gasteiger partial charge in [-0.1, -0.05) is 41.9 Å². The molecule has 0 amide bonds. The third-order valence-corrected chi connectivity index (χ3v) is 4.58. The second-order valence-electron chi connectivity index (χ2n) is 6.01. The lowest BCUT2D eigenvalue weighted by atomic mass is 10.1. The normalized spacial score (nSPS) is 15.6. The van der Waals surface area contributed by atoms with E-state index in [0.29, 0.717) is 23.7 Å². The number of nitrogens with one attached hydrogen (secondary N) is 1. The maximum absolute atomic E-state index is 13.7. The first-order valence-electron chi connectivity index (χ1n) is 8.24. The zero-order valence-electron chi connectivity index (χ0n) is 13.6. The van der Waals surface area contributed by atoms with Gasteiger partial charge >= 0.3 is 0 Å². The molecule has 0 aliphatic carbocycles. The van der Waals surface area contributed by atoms with Crippen LogP contribution in [-0.4, -0.2) is 31.2 Å². The first-order valence-corrected chi connectivity index (χ1v) is 8.62. The molecular formula is C19H22ClFN2O. The van der Waals surface area contributed by atoms with Crippen molar-refractivity contribution in [2.75, 3.05) is 26.3 Å². The summed E-state index contributed by atoms with van der Waals surface area (Å²) in [7, 11) is 0. The van der Waals surface area contributed by atoms with Gasteiger partial charge in [0.1, 0.15) is 5.82 Å². The average Bonchev–Trinajstić information content (AvgIpc) is 2.60. The molecule has 0 aromatic heterocycles. The molecule has 2 aromatic rings. The van der Waals surface area contributed by atoms with E-state index in [0.717, 1.165) is 32.8 Å². The minimum absolute atomic E-state index is 0.268. The van der Waals surface area contributed by atoms with Crippen LogP contribution in [-0.2, 0) is 24.4 Å². The van der Waals surface area contributed by atoms with Crippen LogP contribution in [0.2, 0.25) is 5.02 Å². The van der Waals surface area contributed by atoms with E-state index in [4.69, 9.17) is 16.3 Å². The lowest BCUT2D eigenvalue weighted by Crippen LogP contribution is -2.35. The second-order valence-corrected chi connectivity index (χ2v) is 6.42. The zero-order chi connectivity index (χ0) is 16.8. The highest BCUT2D eigenvalue weighted by Crippen LogP contribution is 2.18. The first kappa shape index (κ1) is 17.4. The summed E-state index contributed by atoms with van der Waals surface area (Å²) in [5, 5.41) is 3.71. The van der Waals surface area contributed by atoms with E-state index in [9.17, 15) is 4.39 Å². The van der Waals surface area contributed by atoms with Gasteiger partial charge in [0.05, 0.1) is 13.2 Å². The summed E-state index contributed by atoms with van der Waals surface area (Å²) in [5.74, 6) is -0.268. The summed E-state index contributed by atoms with van der Waals surface area (Å²) < 4.78 is 19.1. The Morgan fingerprint density at radius 2 is 1.71 bits per heavy atom. The molecule has 0 unspecified atom stereocenters. The van der Waals surface area contributed by atoms with Gasteiger partial charge in [0.25, 0.3) is 0 Å². The van der Waals surface area contributed by atoms with Gasteiger partial charge in [0.2, 0.25) is 0 Å². The van der Waals surface area contributed by atoms with Crippen molar-refractivity contribution in [2.45, 2.75) is 19.6 Å². The van der Waals surface area contributed by atoms with Crippen LogP contribution in [0.5, 0.6) is 0 Å². The van der Waals surface area contributed by atoms with E-state index < -0.39 is 0 Å². The minimum atomic E-state index is -0.268. The van der Waals surface area contributed by atoms with Crippen LogP contribution in [0.25, 0.3) is 0 Å². The minimum Gasteiger partial charge on any atom is -0.379 e. The van der Waals surface area contributed by atoms with E-state index in [1.165, 1.54) is 17.2 Å². The fraction of sp³-hybridized carbons (Fsp3) is 0.368. The highest BCUT2D eigenvalue weighted by atomic mass is 35.5. The molecule has 128 valence electrons. The fourth-order valence-electron chi connectivity index (χ4n) is 2.81. The fourth-order valence-corrected chi connectivity index (χ4v) is 3.04. The number of morpholine rings is 1. The molecule has 0 radical (unpaired) electrons. The van der Waals surface area contributed by atoms with Crippen molar-refractivity contribution in [3.8, 4) is 0 Å². The van der Waals surface area contributed by atoms with Gasteiger partial charge in [-0.3, -0.25) is 4.90 Å². The lowest BCUT2D eigenvalue weighted by molar-refractivity contribution is 0.0342. The predicted molar refractivity (Wildman–Crippen MR) is 94.5 cm³/mol. The van der Waals surface area contributed by atoms with Gasteiger partial charge < -0.3 is 10.1 Å². The predicted octanol–water partition coefficient (Wildman–Crippen LogP) is 3.60. The Bertz CT molecular complexity index is 637. The van der Waals surface area contributed by atoms with Gasteiger partial charge in [0, 0.05) is 43.3 Å². The second kappa shape index (κ2) is 8.58. The quantitative estimate of drug-likeness (QED) is 0.863. The van der Waals surface area contributed by atoms with Crippen LogP contribution in [0.15, 0.2) is 42.5 Å². The molecule has 1 aliphatic heterocycles. The van der Waals surface area contributed by atoms with E-state index in [-0.39, 0.29) is 5.82 Å². The maximum Gasteiger partial charge on any atom is 0.129 e. The first-order chi connectivity index (χ1) is 11.7. The highest BCUT2D eigenvalue weighted by molar-refractivity contribution is 6.31. The number of halogens is 2. The van der Waals surface area contributed by atoms with E-state index in [1.807, 2.05) is 0 Å². The van der Waals surface area contributed by atoms with Gasteiger partial charge in [-0.25, -0.2) is 4.39 Å². The highest BCUT2D eigenvalue weighted by Gasteiger charge is 2.10. The van der Waals surface area contributed by atoms with Crippen LogP contribution >= 0.6 is 11.6 Å². The molecule has 0 bridgehead atoms. The van der Waals surface area contributed by atoms with Crippen molar-refractivity contribution in [3.05, 3.63) is 70.0 Å². The Balaban J connectivity index is 1.49. The molecule has 1 aliphatic rings. The molecule has 0 atom stereocenters. The molecule has 1 heterocycles. The molecular weight excluding hydrogens is 327 g/mol. The molecule has 2 aromatic carbocycles. The molecule has 5 heteroatoms. The topological polar surface area (TPSA) is 24.5 Å². The molecule has 3 rings (SSSR count). The van der Waals surface area contributed by atoms with Crippen molar-refractivity contribution in [1.29, 1.82) is 0 Å². The van der Waals surface area contributed by atoms with Gasteiger partial charge in [-0.15, -0.1) is 0 Å². The van der Waals surface area contributed by atoms with Crippen molar-refractivity contribution in [2.24, 2.45) is 0 Å². The van der Waals surface area contributed by atoms with E-state index >= 15 is 0 Å². The van der Waals surface area contributed by atoms with Crippen molar-refractivity contribution in [3.63, 3.8) is 0 Å². The van der Waals surface area contributed by atoms with Gasteiger partial charge in [-0.2, -0.15) is 0 Å². The Morgan fingerprint density at radius 3 is 2.42 bits per heavy atom. The Morgan fingerprint density at radius 1 is 1.00 bits per heavy atom. The summed E-state index contributed by atoms with van der Waals surface area (Å²) in [6, 6.07) is 13.3. The summed E-state index contributed by atoms with van der Waals surface area (Å²) in [5.41, 5.74) is 2.99. The van der Waals surface area contributed by atoms with Crippen molar-refractivity contribution < 1.29 is 9.13 Å². The van der Waals surface area contributed by atoms with Crippen LogP contribution in [0.4, 0.5) is 4.39 Å². The Labute approximate surface area is 147 Å². The number of ether oxygens (including phenoxy) is 1. The number of rotatable bonds is 6. The molecule has 0 spiro atoms. The largest absolute Gasteiger partial charge is 0.379 e. The number of hydrogen-bond acceptors (Lipinski definition) is 3. The monoisotopic (exact) mass is 348 g/mol. The van der Waals surface area contributed by atoms with Crippen LogP contribution in [0, 0.1) is 5.82 Å². The standard InChI is InChI=1S/C19H22ClFN2O/c20-18-2-1-3-19(21)17(18)13-22-12-15-4-6-16(7-5-15)14-23-8-10-24-11-9-23/h1-7,22H,8-14H2. The molecule has 24 heavy (non-hydrogen) atoms. The van der Waals surface area contributed by atoms with E-state index in [1.54, 1.807) is 12.1 Å². The lowest BCUT2D eigenvalue weighted by Gasteiger charge is -2.26. The van der Waals surface area contributed by atoms with Gasteiger partial charge in [0.15, 0.2) is 0 Å². The zero-order valence-corrected chi connectivity index (χ0v) is 14.4. The number of hydrogen-bond donors (Lipinski definition) is 1. The van der Waals surface area contributed by atoms with Crippen LogP contribution < -0.4 is 5.32 Å². The summed E-state index contributed by atoms with van der Waals surface area (Å²) in [4.78, 5) is 2.40. The van der Waals surface area contributed by atoms with Crippen LogP contribution in [0.1, 0.15) is 16.7 Å². The maximum atomic E-state index is 13.7. The molecule has 0 saturated carbocycles. The number of nitrogens with zero attached hydrogens (tertiary/aromatic N) is 1. The molecule has 1 N–H and O–H groups in total. The van der Waals surface area contributed by atoms with Crippen LogP contribution in [0.3, 0.4) is 0 Å². The molecule has 1 saturated heterocycles. The smallest absolute Gasteiger partial charge is 0.129 e. The van der Waals surface area contributed by atoms with E-state index in [2.05, 4.69) is 34.5 Å². The molecule has 3 nitrogen and oxygen atoms in total. The van der Waals surface area contributed by atoms with Crippen molar-refractivity contribution >= 4 is 11.6 Å². The average molecular weight is 349 g/mol. The summed E-state index contributed by atoms with van der Waals surface area (Å²) in [6.45, 7) is 5.69. The number of benzene rings is 2. The summed E-state index contributed by atoms with van der Waals surface area (Å²) >= 11 is 6.03. The third kappa shape index (κ3) is 4.77. The SMILES string of the molecule is Fc1cccc(Cl)c1CNCc1ccc(CN2CCOCC2)cc1. The Kier molecular flexibility index (Phi) is 6.21. The van der Waals surface area contributed by atoms with Gasteiger partial charge in [-0.05, 0) is 23.3 Å². The molecule has 1 fully saturated rings.